The zero-order valence-electron chi connectivity index (χ0n) is 10.9. The Kier molecular flexibility index (Phi) is 2.31. The highest BCUT2D eigenvalue weighted by Crippen LogP contribution is 2.58. The van der Waals surface area contributed by atoms with Gasteiger partial charge in [0.1, 0.15) is 0 Å². The van der Waals surface area contributed by atoms with Gasteiger partial charge in [0.2, 0.25) is 11.8 Å². The summed E-state index contributed by atoms with van der Waals surface area (Å²) in [5.41, 5.74) is -0.0151. The van der Waals surface area contributed by atoms with Crippen LogP contribution in [-0.2, 0) is 9.59 Å². The van der Waals surface area contributed by atoms with E-state index < -0.39 is 0 Å². The Labute approximate surface area is 108 Å². The quantitative estimate of drug-likeness (QED) is 0.551. The SMILES string of the molecule is C=CCC1(C)C=CC2CC1C1C(=O)N(C)C(=O)C21. The lowest BCUT2D eigenvalue weighted by molar-refractivity contribution is -0.139. The number of likely N-dealkylation sites (tertiary alicyclic amines) is 1. The Balaban J connectivity index is 2.03. The van der Waals surface area contributed by atoms with E-state index in [0.717, 1.165) is 12.8 Å². The molecule has 0 aromatic carbocycles. The Bertz CT molecular complexity index is 467. The molecule has 2 amide bonds. The molecule has 96 valence electrons. The fourth-order valence-corrected chi connectivity index (χ4v) is 4.20. The molecule has 3 heteroatoms. The summed E-state index contributed by atoms with van der Waals surface area (Å²) in [6, 6.07) is 0. The van der Waals surface area contributed by atoms with E-state index in [0.29, 0.717) is 0 Å². The Hall–Kier alpha value is -1.38. The van der Waals surface area contributed by atoms with Gasteiger partial charge >= 0.3 is 0 Å². The maximum Gasteiger partial charge on any atom is 0.233 e. The van der Waals surface area contributed by atoms with Crippen molar-refractivity contribution in [2.75, 3.05) is 7.05 Å². The first-order chi connectivity index (χ1) is 8.49. The molecule has 1 saturated carbocycles. The topological polar surface area (TPSA) is 37.4 Å². The number of amides is 2. The number of nitrogens with zero attached hydrogens (tertiary/aromatic N) is 1. The van der Waals surface area contributed by atoms with E-state index in [1.165, 1.54) is 4.90 Å². The van der Waals surface area contributed by atoms with Crippen molar-refractivity contribution in [3.8, 4) is 0 Å². The van der Waals surface area contributed by atoms with Gasteiger partial charge in [-0.25, -0.2) is 0 Å². The zero-order valence-corrected chi connectivity index (χ0v) is 10.9. The molecule has 2 aliphatic carbocycles. The molecule has 5 atom stereocenters. The summed E-state index contributed by atoms with van der Waals surface area (Å²) >= 11 is 0. The van der Waals surface area contributed by atoms with E-state index in [9.17, 15) is 9.59 Å². The molecule has 2 bridgehead atoms. The molecule has 1 heterocycles. The Morgan fingerprint density at radius 2 is 2.11 bits per heavy atom. The van der Waals surface area contributed by atoms with Crippen LogP contribution in [0, 0.1) is 29.1 Å². The normalized spacial score (nSPS) is 45.6. The molecule has 3 nitrogen and oxygen atoms in total. The summed E-state index contributed by atoms with van der Waals surface area (Å²) < 4.78 is 0. The lowest BCUT2D eigenvalue weighted by Crippen LogP contribution is -2.35. The summed E-state index contributed by atoms with van der Waals surface area (Å²) in [7, 11) is 1.62. The number of hydrogen-bond acceptors (Lipinski definition) is 2. The lowest BCUT2D eigenvalue weighted by Gasteiger charge is -2.37. The zero-order chi connectivity index (χ0) is 13.1. The van der Waals surface area contributed by atoms with Gasteiger partial charge in [-0.15, -0.1) is 6.58 Å². The second-order valence-corrected chi connectivity index (χ2v) is 6.15. The third-order valence-electron chi connectivity index (χ3n) is 5.19. The van der Waals surface area contributed by atoms with Crippen LogP contribution in [0.25, 0.3) is 0 Å². The molecule has 3 rings (SSSR count). The average molecular weight is 245 g/mol. The first-order valence-electron chi connectivity index (χ1n) is 6.61. The van der Waals surface area contributed by atoms with Crippen LogP contribution in [0.4, 0.5) is 0 Å². The summed E-state index contributed by atoms with van der Waals surface area (Å²) in [4.78, 5) is 25.8. The van der Waals surface area contributed by atoms with Gasteiger partial charge in [-0.05, 0) is 30.1 Å². The summed E-state index contributed by atoms with van der Waals surface area (Å²) in [5, 5.41) is 0. The molecular weight excluding hydrogens is 226 g/mol. The van der Waals surface area contributed by atoms with E-state index in [4.69, 9.17) is 0 Å². The van der Waals surface area contributed by atoms with Gasteiger partial charge in [-0.3, -0.25) is 14.5 Å². The largest absolute Gasteiger partial charge is 0.285 e. The Morgan fingerprint density at radius 3 is 2.78 bits per heavy atom. The van der Waals surface area contributed by atoms with Crippen LogP contribution in [0.1, 0.15) is 19.8 Å². The second-order valence-electron chi connectivity index (χ2n) is 6.15. The van der Waals surface area contributed by atoms with Crippen molar-refractivity contribution in [2.24, 2.45) is 29.1 Å². The van der Waals surface area contributed by atoms with Crippen LogP contribution in [0.2, 0.25) is 0 Å². The molecule has 5 unspecified atom stereocenters. The first-order valence-corrected chi connectivity index (χ1v) is 6.61. The van der Waals surface area contributed by atoms with E-state index in [1.807, 2.05) is 6.08 Å². The maximum atomic E-state index is 12.3. The van der Waals surface area contributed by atoms with Gasteiger partial charge in [-0.2, -0.15) is 0 Å². The van der Waals surface area contributed by atoms with Crippen molar-refractivity contribution >= 4 is 11.8 Å². The minimum absolute atomic E-state index is 0.0151. The van der Waals surface area contributed by atoms with Crippen LogP contribution >= 0.6 is 0 Å². The second kappa shape index (κ2) is 3.56. The first kappa shape index (κ1) is 11.7. The number of hydrogen-bond donors (Lipinski definition) is 0. The van der Waals surface area contributed by atoms with Gasteiger partial charge in [0.05, 0.1) is 11.8 Å². The van der Waals surface area contributed by atoms with Crippen molar-refractivity contribution in [3.63, 3.8) is 0 Å². The van der Waals surface area contributed by atoms with Gasteiger partial charge < -0.3 is 0 Å². The molecule has 2 fully saturated rings. The van der Waals surface area contributed by atoms with Gasteiger partial charge in [-0.1, -0.05) is 25.2 Å². The summed E-state index contributed by atoms with van der Waals surface area (Å²) in [5.74, 6) is 0.389. The van der Waals surface area contributed by atoms with E-state index in [2.05, 4.69) is 25.7 Å². The third-order valence-corrected chi connectivity index (χ3v) is 5.19. The van der Waals surface area contributed by atoms with Gasteiger partial charge in [0.25, 0.3) is 0 Å². The fourth-order valence-electron chi connectivity index (χ4n) is 4.20. The predicted octanol–water partition coefficient (Wildman–Crippen LogP) is 2.01. The van der Waals surface area contributed by atoms with E-state index >= 15 is 0 Å². The molecule has 18 heavy (non-hydrogen) atoms. The number of carbonyl (C=O) groups excluding carboxylic acids is 2. The predicted molar refractivity (Wildman–Crippen MR) is 68.4 cm³/mol. The molecule has 1 saturated heterocycles. The van der Waals surface area contributed by atoms with Gasteiger partial charge in [0, 0.05) is 7.05 Å². The maximum absolute atomic E-state index is 12.3. The molecule has 0 spiro atoms. The number of rotatable bonds is 2. The fraction of sp³-hybridized carbons (Fsp3) is 0.600. The van der Waals surface area contributed by atoms with E-state index in [1.54, 1.807) is 7.05 Å². The number of carbonyl (C=O) groups is 2. The van der Waals surface area contributed by atoms with E-state index in [-0.39, 0.29) is 40.9 Å². The van der Waals surface area contributed by atoms with Crippen LogP contribution < -0.4 is 0 Å². The highest BCUT2D eigenvalue weighted by atomic mass is 16.2. The standard InChI is InChI=1S/C15H19NO2/c1-4-6-15(2)7-5-9-8-10(15)12-11(9)13(17)16(3)14(12)18/h4-5,7,9-12H,1,6,8H2,2-3H3. The molecule has 0 aromatic heterocycles. The molecule has 3 aliphatic rings. The van der Waals surface area contributed by atoms with Crippen LogP contribution in [0.5, 0.6) is 0 Å². The van der Waals surface area contributed by atoms with Crippen molar-refractivity contribution in [1.29, 1.82) is 0 Å². The molecule has 1 aliphatic heterocycles. The van der Waals surface area contributed by atoms with Crippen LogP contribution in [0.3, 0.4) is 0 Å². The number of allylic oxidation sites excluding steroid dienone is 3. The number of imide groups is 1. The van der Waals surface area contributed by atoms with Crippen molar-refractivity contribution in [3.05, 3.63) is 24.8 Å². The molecular formula is C15H19NO2. The van der Waals surface area contributed by atoms with Crippen LogP contribution in [-0.4, -0.2) is 23.8 Å². The monoisotopic (exact) mass is 245 g/mol. The third kappa shape index (κ3) is 1.25. The Morgan fingerprint density at radius 1 is 1.44 bits per heavy atom. The number of fused-ring (bicyclic) bond motifs is 5. The minimum Gasteiger partial charge on any atom is -0.285 e. The molecule has 0 aromatic rings. The molecule has 0 N–H and O–H groups in total. The van der Waals surface area contributed by atoms with Gasteiger partial charge in [0.15, 0.2) is 0 Å². The highest BCUT2D eigenvalue weighted by molar-refractivity contribution is 6.05. The van der Waals surface area contributed by atoms with Crippen molar-refractivity contribution in [2.45, 2.75) is 19.8 Å². The smallest absolute Gasteiger partial charge is 0.233 e. The van der Waals surface area contributed by atoms with Crippen LogP contribution in [0.15, 0.2) is 24.8 Å². The lowest BCUT2D eigenvalue weighted by atomic mass is 9.67. The highest BCUT2D eigenvalue weighted by Gasteiger charge is 2.61. The molecule has 0 radical (unpaired) electrons. The minimum atomic E-state index is -0.104. The summed E-state index contributed by atoms with van der Waals surface area (Å²) in [6.45, 7) is 6.01. The summed E-state index contributed by atoms with van der Waals surface area (Å²) in [6.07, 6.45) is 8.14. The van der Waals surface area contributed by atoms with Crippen molar-refractivity contribution < 1.29 is 9.59 Å². The average Bonchev–Trinajstić information content (AvgIpc) is 2.78. The van der Waals surface area contributed by atoms with Crippen molar-refractivity contribution in [1.82, 2.24) is 4.90 Å².